The summed E-state index contributed by atoms with van der Waals surface area (Å²) in [5.41, 5.74) is 0. The third-order valence-electron chi connectivity index (χ3n) is 3.70. The quantitative estimate of drug-likeness (QED) is 0.567. The second-order valence-corrected chi connectivity index (χ2v) is 5.22. The van der Waals surface area contributed by atoms with Crippen LogP contribution in [0.4, 0.5) is 0 Å². The first kappa shape index (κ1) is 14.4. The first-order valence-corrected chi connectivity index (χ1v) is 7.01. The van der Waals surface area contributed by atoms with E-state index in [1.54, 1.807) is 0 Å². The fourth-order valence-electron chi connectivity index (χ4n) is 2.55. The summed E-state index contributed by atoms with van der Waals surface area (Å²) in [5, 5.41) is 20.6. The van der Waals surface area contributed by atoms with Gasteiger partial charge in [-0.05, 0) is 25.7 Å². The van der Waals surface area contributed by atoms with Gasteiger partial charge in [0.25, 0.3) is 0 Å². The lowest BCUT2D eigenvalue weighted by Crippen LogP contribution is -2.19. The van der Waals surface area contributed by atoms with Crippen molar-refractivity contribution >= 4 is 0 Å². The highest BCUT2D eigenvalue weighted by Gasteiger charge is 2.19. The predicted octanol–water partition coefficient (Wildman–Crippen LogP) is 3.30. The second-order valence-electron chi connectivity index (χ2n) is 5.22. The molecule has 1 rings (SSSR count). The van der Waals surface area contributed by atoms with Gasteiger partial charge in [0.2, 0.25) is 6.04 Å². The lowest BCUT2D eigenvalue weighted by Gasteiger charge is -2.09. The summed E-state index contributed by atoms with van der Waals surface area (Å²) in [6.07, 6.45) is 10.2. The summed E-state index contributed by atoms with van der Waals surface area (Å²) in [4.78, 5) is 10.8. The van der Waals surface area contributed by atoms with Crippen molar-refractivity contribution in [3.63, 3.8) is 0 Å². The molecule has 17 heavy (non-hydrogen) atoms. The number of aliphatic hydroxyl groups is 1. The zero-order chi connectivity index (χ0) is 12.5. The Morgan fingerprint density at radius 2 is 1.24 bits per heavy atom. The molecule has 0 aliphatic heterocycles. The molecule has 0 radical (unpaired) electrons. The molecule has 0 bridgehead atoms. The van der Waals surface area contributed by atoms with E-state index in [4.69, 9.17) is 0 Å². The molecule has 4 heteroatoms. The van der Waals surface area contributed by atoms with Crippen molar-refractivity contribution in [2.75, 3.05) is 0 Å². The van der Waals surface area contributed by atoms with Crippen LogP contribution in [0.25, 0.3) is 0 Å². The van der Waals surface area contributed by atoms with Crippen LogP contribution in [0.15, 0.2) is 0 Å². The Labute approximate surface area is 104 Å². The lowest BCUT2D eigenvalue weighted by molar-refractivity contribution is -0.524. The maximum absolute atomic E-state index is 10.9. The number of aliphatic hydroxyl groups excluding tert-OH is 1. The van der Waals surface area contributed by atoms with E-state index in [9.17, 15) is 15.2 Å². The third-order valence-corrected chi connectivity index (χ3v) is 3.70. The normalized spacial score (nSPS) is 29.7. The van der Waals surface area contributed by atoms with Crippen molar-refractivity contribution in [3.05, 3.63) is 10.1 Å². The summed E-state index contributed by atoms with van der Waals surface area (Å²) in [6.45, 7) is 0. The van der Waals surface area contributed by atoms with Gasteiger partial charge in [-0.25, -0.2) is 0 Å². The number of nitro groups is 1. The van der Waals surface area contributed by atoms with Crippen LogP contribution in [0.2, 0.25) is 0 Å². The maximum atomic E-state index is 10.9. The number of hydrogen-bond acceptors (Lipinski definition) is 3. The average molecular weight is 243 g/mol. The minimum absolute atomic E-state index is 0.103. The highest BCUT2D eigenvalue weighted by molar-refractivity contribution is 4.62. The van der Waals surface area contributed by atoms with Crippen LogP contribution in [0.1, 0.15) is 70.6 Å². The van der Waals surface area contributed by atoms with Crippen LogP contribution in [-0.2, 0) is 0 Å². The first-order valence-electron chi connectivity index (χ1n) is 7.01. The lowest BCUT2D eigenvalue weighted by atomic mass is 10.0. The topological polar surface area (TPSA) is 63.4 Å². The first-order chi connectivity index (χ1) is 8.20. The Bertz CT molecular complexity index is 221. The van der Waals surface area contributed by atoms with Crippen LogP contribution in [0, 0.1) is 10.1 Å². The molecule has 4 nitrogen and oxygen atoms in total. The van der Waals surface area contributed by atoms with Gasteiger partial charge in [0, 0.05) is 17.8 Å². The minimum atomic E-state index is -0.333. The van der Waals surface area contributed by atoms with Crippen LogP contribution < -0.4 is 0 Å². The second kappa shape index (κ2) is 8.45. The highest BCUT2D eigenvalue weighted by Crippen LogP contribution is 2.18. The molecule has 0 aromatic rings. The largest absolute Gasteiger partial charge is 0.393 e. The molecule has 0 aromatic carbocycles. The van der Waals surface area contributed by atoms with E-state index < -0.39 is 0 Å². The van der Waals surface area contributed by atoms with E-state index in [0.29, 0.717) is 6.42 Å². The summed E-state index contributed by atoms with van der Waals surface area (Å²) in [5.74, 6) is 0. The molecule has 0 saturated heterocycles. The monoisotopic (exact) mass is 243 g/mol. The molecule has 2 unspecified atom stereocenters. The van der Waals surface area contributed by atoms with Crippen LogP contribution in [0.3, 0.4) is 0 Å². The van der Waals surface area contributed by atoms with E-state index in [1.165, 1.54) is 0 Å². The van der Waals surface area contributed by atoms with Crippen LogP contribution >= 0.6 is 0 Å². The maximum Gasteiger partial charge on any atom is 0.213 e. The van der Waals surface area contributed by atoms with Gasteiger partial charge in [-0.15, -0.1) is 0 Å². The van der Waals surface area contributed by atoms with Crippen LogP contribution in [-0.4, -0.2) is 22.2 Å². The number of nitrogens with zero attached hydrogens (tertiary/aromatic N) is 1. The molecule has 0 spiro atoms. The number of rotatable bonds is 1. The Balaban J connectivity index is 2.34. The average Bonchev–Trinajstić information content (AvgIpc) is 2.30. The summed E-state index contributed by atoms with van der Waals surface area (Å²) in [6, 6.07) is -0.333. The molecule has 2 atom stereocenters. The standard InChI is InChI=1S/C13H25NO3/c15-13-10-6-2-1-4-8-12(14(16)17)9-5-3-7-11-13/h12-13,15H,1-11H2. The third kappa shape index (κ3) is 6.61. The number of hydrogen-bond donors (Lipinski definition) is 1. The van der Waals surface area contributed by atoms with Crippen LogP contribution in [0.5, 0.6) is 0 Å². The van der Waals surface area contributed by atoms with Crippen molar-refractivity contribution in [1.82, 2.24) is 0 Å². The van der Waals surface area contributed by atoms with Gasteiger partial charge in [-0.3, -0.25) is 10.1 Å². The van der Waals surface area contributed by atoms with Crippen molar-refractivity contribution in [2.45, 2.75) is 82.8 Å². The fourth-order valence-corrected chi connectivity index (χ4v) is 2.55. The molecule has 0 aromatic heterocycles. The molecule has 1 aliphatic carbocycles. The van der Waals surface area contributed by atoms with Gasteiger partial charge in [0.15, 0.2) is 0 Å². The van der Waals surface area contributed by atoms with Crippen molar-refractivity contribution < 1.29 is 10.0 Å². The predicted molar refractivity (Wildman–Crippen MR) is 67.6 cm³/mol. The van der Waals surface area contributed by atoms with Gasteiger partial charge in [-0.2, -0.15) is 0 Å². The fraction of sp³-hybridized carbons (Fsp3) is 1.00. The van der Waals surface area contributed by atoms with E-state index in [2.05, 4.69) is 0 Å². The zero-order valence-corrected chi connectivity index (χ0v) is 10.6. The molecule has 1 aliphatic rings. The molecule has 1 N–H and O–H groups in total. The van der Waals surface area contributed by atoms with E-state index in [-0.39, 0.29) is 17.1 Å². The summed E-state index contributed by atoms with van der Waals surface area (Å²) >= 11 is 0. The summed E-state index contributed by atoms with van der Waals surface area (Å²) < 4.78 is 0. The van der Waals surface area contributed by atoms with Gasteiger partial charge in [0.1, 0.15) is 0 Å². The zero-order valence-electron chi connectivity index (χ0n) is 10.6. The van der Waals surface area contributed by atoms with E-state index >= 15 is 0 Å². The molecule has 0 amide bonds. The molecule has 0 heterocycles. The molecule has 100 valence electrons. The van der Waals surface area contributed by atoms with Crippen molar-refractivity contribution in [2.24, 2.45) is 0 Å². The van der Waals surface area contributed by atoms with Gasteiger partial charge >= 0.3 is 0 Å². The molecular weight excluding hydrogens is 218 g/mol. The molecule has 1 saturated carbocycles. The van der Waals surface area contributed by atoms with Gasteiger partial charge in [0.05, 0.1) is 6.10 Å². The minimum Gasteiger partial charge on any atom is -0.393 e. The highest BCUT2D eigenvalue weighted by atomic mass is 16.6. The Kier molecular flexibility index (Phi) is 7.17. The van der Waals surface area contributed by atoms with Gasteiger partial charge in [-0.1, -0.05) is 32.1 Å². The Morgan fingerprint density at radius 1 is 0.824 bits per heavy atom. The Hall–Kier alpha value is -0.640. The smallest absolute Gasteiger partial charge is 0.213 e. The Morgan fingerprint density at radius 3 is 1.71 bits per heavy atom. The molecular formula is C13H25NO3. The summed E-state index contributed by atoms with van der Waals surface area (Å²) in [7, 11) is 0. The van der Waals surface area contributed by atoms with Crippen molar-refractivity contribution in [3.8, 4) is 0 Å². The molecule has 1 fully saturated rings. The van der Waals surface area contributed by atoms with Gasteiger partial charge < -0.3 is 5.11 Å². The van der Waals surface area contributed by atoms with E-state index in [0.717, 1.165) is 64.2 Å². The van der Waals surface area contributed by atoms with E-state index in [1.807, 2.05) is 0 Å². The van der Waals surface area contributed by atoms with Crippen molar-refractivity contribution in [1.29, 1.82) is 0 Å². The SMILES string of the molecule is O=[N+]([O-])C1CCCCCCC(O)CCCCC1.